The van der Waals surface area contributed by atoms with Crippen LogP contribution in [0, 0.1) is 5.82 Å². The minimum atomic E-state index is -0.295. The van der Waals surface area contributed by atoms with Crippen LogP contribution in [0.2, 0.25) is 0 Å². The molecule has 0 radical (unpaired) electrons. The van der Waals surface area contributed by atoms with Gasteiger partial charge < -0.3 is 10.1 Å². The number of amides is 1. The summed E-state index contributed by atoms with van der Waals surface area (Å²) in [7, 11) is 0. The third kappa shape index (κ3) is 4.78. The Balaban J connectivity index is 1.45. The summed E-state index contributed by atoms with van der Waals surface area (Å²) < 4.78 is 21.8. The van der Waals surface area contributed by atoms with Crippen molar-refractivity contribution in [3.63, 3.8) is 0 Å². The number of hydrogen-bond acceptors (Lipinski definition) is 5. The summed E-state index contributed by atoms with van der Waals surface area (Å²) in [6.45, 7) is 0.137. The smallest absolute Gasteiger partial charge is 0.263 e. The summed E-state index contributed by atoms with van der Waals surface area (Å²) in [5.41, 5.74) is 3.74. The van der Waals surface area contributed by atoms with Crippen molar-refractivity contribution in [2.45, 2.75) is 6.61 Å². The number of carbonyl (C=O) groups excluding carboxylic acids is 1. The molecule has 5 rings (SSSR count). The molecule has 0 unspecified atom stereocenters. The van der Waals surface area contributed by atoms with Crippen LogP contribution in [0.5, 0.6) is 5.75 Å². The average molecular weight is 488 g/mol. The number of ether oxygens (including phenoxy) is 1. The Labute approximate surface area is 205 Å². The average Bonchev–Trinajstić information content (AvgIpc) is 3.42. The van der Waals surface area contributed by atoms with E-state index in [1.165, 1.54) is 17.8 Å². The van der Waals surface area contributed by atoms with Crippen molar-refractivity contribution in [1.29, 1.82) is 0 Å². The highest BCUT2D eigenvalue weighted by molar-refractivity contribution is 8.26. The Kier molecular flexibility index (Phi) is 6.24. The highest BCUT2D eigenvalue weighted by Crippen LogP contribution is 2.31. The van der Waals surface area contributed by atoms with Crippen molar-refractivity contribution in [3.8, 4) is 22.7 Å². The van der Waals surface area contributed by atoms with Crippen molar-refractivity contribution in [2.75, 3.05) is 0 Å². The lowest BCUT2D eigenvalue weighted by Gasteiger charge is -2.08. The zero-order valence-corrected chi connectivity index (χ0v) is 19.4. The maximum atomic E-state index is 13.8. The van der Waals surface area contributed by atoms with Gasteiger partial charge in [0.1, 0.15) is 22.5 Å². The van der Waals surface area contributed by atoms with E-state index in [1.807, 2.05) is 60.8 Å². The largest absolute Gasteiger partial charge is 0.489 e. The number of thiocarbonyl (C=S) groups is 1. The number of benzene rings is 3. The zero-order chi connectivity index (χ0) is 23.5. The first-order valence-electron chi connectivity index (χ1n) is 10.4. The van der Waals surface area contributed by atoms with Gasteiger partial charge in [0.05, 0.1) is 16.3 Å². The number of nitrogens with zero attached hydrogens (tertiary/aromatic N) is 2. The van der Waals surface area contributed by atoms with E-state index in [2.05, 4.69) is 5.32 Å². The van der Waals surface area contributed by atoms with Crippen LogP contribution in [0.25, 0.3) is 23.0 Å². The zero-order valence-electron chi connectivity index (χ0n) is 17.8. The van der Waals surface area contributed by atoms with Gasteiger partial charge in [0.25, 0.3) is 5.91 Å². The minimum absolute atomic E-state index is 0.137. The number of rotatable bonds is 6. The van der Waals surface area contributed by atoms with Gasteiger partial charge in [0.15, 0.2) is 0 Å². The maximum Gasteiger partial charge on any atom is 0.263 e. The van der Waals surface area contributed by atoms with Crippen LogP contribution in [-0.2, 0) is 11.4 Å². The standard InChI is InChI=1S/C26H18FN3O2S2/c27-22-9-5-4-6-18(22)16-32-21-12-10-17(11-13-21)24-19(14-23-25(31)28-26(33)34-23)15-30(29-24)20-7-2-1-3-8-20/h1-15H,16H2,(H,28,31,33). The van der Waals surface area contributed by atoms with Crippen molar-refractivity contribution in [1.82, 2.24) is 15.1 Å². The van der Waals surface area contributed by atoms with E-state index in [0.717, 1.165) is 16.8 Å². The highest BCUT2D eigenvalue weighted by Gasteiger charge is 2.23. The molecule has 2 heterocycles. The van der Waals surface area contributed by atoms with Gasteiger partial charge >= 0.3 is 0 Å². The summed E-state index contributed by atoms with van der Waals surface area (Å²) in [6, 6.07) is 23.7. The molecule has 4 aromatic rings. The molecule has 34 heavy (non-hydrogen) atoms. The molecule has 1 aromatic heterocycles. The fraction of sp³-hybridized carbons (Fsp3) is 0.0385. The second-order valence-corrected chi connectivity index (χ2v) is 9.19. The molecule has 168 valence electrons. The third-order valence-electron chi connectivity index (χ3n) is 5.17. The van der Waals surface area contributed by atoms with E-state index >= 15 is 0 Å². The molecule has 0 aliphatic carbocycles. The predicted octanol–water partition coefficient (Wildman–Crippen LogP) is 5.75. The van der Waals surface area contributed by atoms with E-state index in [-0.39, 0.29) is 18.3 Å². The molecule has 0 atom stereocenters. The second-order valence-electron chi connectivity index (χ2n) is 7.47. The lowest BCUT2D eigenvalue weighted by atomic mass is 10.1. The molecule has 1 amide bonds. The van der Waals surface area contributed by atoms with Gasteiger partial charge in [-0.15, -0.1) is 0 Å². The monoisotopic (exact) mass is 487 g/mol. The van der Waals surface area contributed by atoms with Crippen LogP contribution in [0.15, 0.2) is 90.0 Å². The van der Waals surface area contributed by atoms with Crippen LogP contribution in [0.3, 0.4) is 0 Å². The Morgan fingerprint density at radius 3 is 2.47 bits per heavy atom. The van der Waals surface area contributed by atoms with E-state index in [1.54, 1.807) is 29.0 Å². The van der Waals surface area contributed by atoms with Gasteiger partial charge in [-0.2, -0.15) is 5.10 Å². The maximum absolute atomic E-state index is 13.8. The predicted molar refractivity (Wildman–Crippen MR) is 136 cm³/mol. The Morgan fingerprint density at radius 2 is 1.76 bits per heavy atom. The summed E-state index contributed by atoms with van der Waals surface area (Å²) in [4.78, 5) is 12.7. The van der Waals surface area contributed by atoms with Gasteiger partial charge in [0.2, 0.25) is 0 Å². The van der Waals surface area contributed by atoms with Crippen LogP contribution >= 0.6 is 24.0 Å². The molecule has 1 aliphatic rings. The first-order valence-corrected chi connectivity index (χ1v) is 11.7. The van der Waals surface area contributed by atoms with Crippen LogP contribution in [0.4, 0.5) is 4.39 Å². The number of carbonyl (C=O) groups is 1. The first-order chi connectivity index (χ1) is 16.6. The number of hydrogen-bond donors (Lipinski definition) is 1. The second kappa shape index (κ2) is 9.62. The fourth-order valence-electron chi connectivity index (χ4n) is 3.48. The lowest BCUT2D eigenvalue weighted by Crippen LogP contribution is -2.17. The molecule has 3 aromatic carbocycles. The summed E-state index contributed by atoms with van der Waals surface area (Å²) >= 11 is 6.34. The normalized spacial score (nSPS) is 14.4. The molecule has 1 fully saturated rings. The topological polar surface area (TPSA) is 56.2 Å². The number of aromatic nitrogens is 2. The van der Waals surface area contributed by atoms with Crippen LogP contribution < -0.4 is 10.1 Å². The van der Waals surface area contributed by atoms with Crippen molar-refractivity contribution in [2.24, 2.45) is 0 Å². The molecule has 5 nitrogen and oxygen atoms in total. The Morgan fingerprint density at radius 1 is 1.03 bits per heavy atom. The van der Waals surface area contributed by atoms with Crippen molar-refractivity contribution >= 4 is 40.3 Å². The molecule has 1 N–H and O–H groups in total. The van der Waals surface area contributed by atoms with E-state index in [4.69, 9.17) is 22.1 Å². The van der Waals surface area contributed by atoms with Crippen LogP contribution in [0.1, 0.15) is 11.1 Å². The first kappa shape index (κ1) is 22.1. The number of para-hydroxylation sites is 1. The van der Waals surface area contributed by atoms with E-state index in [0.29, 0.717) is 26.2 Å². The summed E-state index contributed by atoms with van der Waals surface area (Å²) in [6.07, 6.45) is 3.68. The van der Waals surface area contributed by atoms with E-state index in [9.17, 15) is 9.18 Å². The third-order valence-corrected chi connectivity index (χ3v) is 6.33. The number of nitrogens with one attached hydrogen (secondary N) is 1. The summed E-state index contributed by atoms with van der Waals surface area (Å²) in [5.74, 6) is 0.104. The molecule has 1 saturated heterocycles. The lowest BCUT2D eigenvalue weighted by molar-refractivity contribution is -0.115. The quantitative estimate of drug-likeness (QED) is 0.277. The molecule has 0 bridgehead atoms. The van der Waals surface area contributed by atoms with Crippen LogP contribution in [-0.4, -0.2) is 20.0 Å². The number of thioether (sulfide) groups is 1. The van der Waals surface area contributed by atoms with E-state index < -0.39 is 0 Å². The van der Waals surface area contributed by atoms with Gasteiger partial charge in [-0.3, -0.25) is 4.79 Å². The molecule has 1 aliphatic heterocycles. The molecule has 0 spiro atoms. The molecule has 0 saturated carbocycles. The molecular formula is C26H18FN3O2S2. The fourth-order valence-corrected chi connectivity index (χ4v) is 4.51. The molecule has 8 heteroatoms. The van der Waals surface area contributed by atoms with Gasteiger partial charge in [0, 0.05) is 22.9 Å². The van der Waals surface area contributed by atoms with Gasteiger partial charge in [-0.05, 0) is 48.5 Å². The van der Waals surface area contributed by atoms with Crippen molar-refractivity contribution < 1.29 is 13.9 Å². The SMILES string of the molecule is O=C1NC(=S)SC1=Cc1cn(-c2ccccc2)nc1-c1ccc(OCc2ccccc2F)cc1. The Bertz CT molecular complexity index is 1400. The summed E-state index contributed by atoms with van der Waals surface area (Å²) in [5, 5.41) is 7.42. The number of halogens is 1. The molecular weight excluding hydrogens is 469 g/mol. The van der Waals surface area contributed by atoms with Gasteiger partial charge in [-0.1, -0.05) is 60.4 Å². The Hall–Kier alpha value is -3.75. The minimum Gasteiger partial charge on any atom is -0.489 e. The van der Waals surface area contributed by atoms with Gasteiger partial charge in [-0.25, -0.2) is 9.07 Å². The van der Waals surface area contributed by atoms with Crippen molar-refractivity contribution in [3.05, 3.63) is 107 Å². The highest BCUT2D eigenvalue weighted by atomic mass is 32.2.